The smallest absolute Gasteiger partial charge is 0.0100 e. The van der Waals surface area contributed by atoms with Gasteiger partial charge in [0.15, 0.2) is 0 Å². The Bertz CT molecular complexity index is 198. The van der Waals surface area contributed by atoms with Crippen molar-refractivity contribution in [1.82, 2.24) is 5.32 Å². The van der Waals surface area contributed by atoms with E-state index in [9.17, 15) is 0 Å². The molecular formula is C18H39N. The van der Waals surface area contributed by atoms with Gasteiger partial charge in [-0.3, -0.25) is 0 Å². The van der Waals surface area contributed by atoms with Gasteiger partial charge < -0.3 is 5.32 Å². The summed E-state index contributed by atoms with van der Waals surface area (Å²) in [5.74, 6) is 2.50. The summed E-state index contributed by atoms with van der Waals surface area (Å²) in [5, 5.41) is 3.96. The molecule has 0 aromatic carbocycles. The highest BCUT2D eigenvalue weighted by atomic mass is 15.0. The van der Waals surface area contributed by atoms with E-state index in [0.29, 0.717) is 12.1 Å². The molecule has 0 aliphatic heterocycles. The fraction of sp³-hybridized carbons (Fsp3) is 1.00. The van der Waals surface area contributed by atoms with E-state index >= 15 is 0 Å². The van der Waals surface area contributed by atoms with Crippen molar-refractivity contribution < 1.29 is 0 Å². The highest BCUT2D eigenvalue weighted by molar-refractivity contribution is 4.84. The molecule has 19 heavy (non-hydrogen) atoms. The Kier molecular flexibility index (Phi) is 10.7. The van der Waals surface area contributed by atoms with Crippen LogP contribution in [0.4, 0.5) is 0 Å². The highest BCUT2D eigenvalue weighted by Gasteiger charge is 2.30. The molecule has 0 aliphatic rings. The molecule has 0 bridgehead atoms. The number of nitrogens with one attached hydrogen (secondary N) is 1. The lowest BCUT2D eigenvalue weighted by molar-refractivity contribution is 0.158. The van der Waals surface area contributed by atoms with Gasteiger partial charge in [-0.15, -0.1) is 0 Å². The van der Waals surface area contributed by atoms with Crippen molar-refractivity contribution >= 4 is 0 Å². The Morgan fingerprint density at radius 2 is 1.32 bits per heavy atom. The van der Waals surface area contributed by atoms with Crippen LogP contribution in [-0.4, -0.2) is 12.1 Å². The Balaban J connectivity index is 4.85. The third-order valence-electron chi connectivity index (χ3n) is 5.04. The fourth-order valence-electron chi connectivity index (χ4n) is 3.60. The Labute approximate surface area is 122 Å². The van der Waals surface area contributed by atoms with Gasteiger partial charge in [0, 0.05) is 12.1 Å². The van der Waals surface area contributed by atoms with Crippen molar-refractivity contribution in [2.24, 2.45) is 17.8 Å². The molecule has 0 heterocycles. The number of hydrogen-bond donors (Lipinski definition) is 1. The maximum absolute atomic E-state index is 3.96. The van der Waals surface area contributed by atoms with E-state index in [1.807, 2.05) is 0 Å². The van der Waals surface area contributed by atoms with Gasteiger partial charge in [-0.25, -0.2) is 0 Å². The van der Waals surface area contributed by atoms with Gasteiger partial charge >= 0.3 is 0 Å². The first-order valence-electron chi connectivity index (χ1n) is 8.81. The van der Waals surface area contributed by atoms with E-state index in [-0.39, 0.29) is 0 Å². The quantitative estimate of drug-likeness (QED) is 0.511. The van der Waals surface area contributed by atoms with Crippen LogP contribution >= 0.6 is 0 Å². The van der Waals surface area contributed by atoms with Crippen LogP contribution < -0.4 is 5.32 Å². The molecular weight excluding hydrogens is 230 g/mol. The summed E-state index contributed by atoms with van der Waals surface area (Å²) in [6.45, 7) is 16.6. The second-order valence-electron chi connectivity index (χ2n) is 6.42. The maximum Gasteiger partial charge on any atom is 0.0100 e. The molecule has 0 aliphatic carbocycles. The lowest BCUT2D eigenvalue weighted by Crippen LogP contribution is -2.46. The summed E-state index contributed by atoms with van der Waals surface area (Å²) < 4.78 is 0. The molecule has 0 amide bonds. The topological polar surface area (TPSA) is 12.0 Å². The molecule has 0 fully saturated rings. The van der Waals surface area contributed by atoms with Crippen LogP contribution in [0.1, 0.15) is 87.0 Å². The maximum atomic E-state index is 3.96. The first kappa shape index (κ1) is 19.0. The van der Waals surface area contributed by atoms with E-state index < -0.39 is 0 Å². The molecule has 0 rings (SSSR count). The predicted molar refractivity (Wildman–Crippen MR) is 88.6 cm³/mol. The largest absolute Gasteiger partial charge is 0.311 e. The summed E-state index contributed by atoms with van der Waals surface area (Å²) in [4.78, 5) is 0. The molecule has 0 saturated heterocycles. The van der Waals surface area contributed by atoms with Crippen LogP contribution in [0.15, 0.2) is 0 Å². The summed E-state index contributed by atoms with van der Waals surface area (Å²) in [7, 11) is 0. The summed E-state index contributed by atoms with van der Waals surface area (Å²) in [6.07, 6.45) is 7.76. The summed E-state index contributed by atoms with van der Waals surface area (Å²) >= 11 is 0. The molecule has 1 nitrogen and oxygen atoms in total. The minimum atomic E-state index is 0.696. The van der Waals surface area contributed by atoms with Crippen molar-refractivity contribution in [3.05, 3.63) is 0 Å². The van der Waals surface area contributed by atoms with Crippen LogP contribution in [0.25, 0.3) is 0 Å². The third kappa shape index (κ3) is 6.29. The highest BCUT2D eigenvalue weighted by Crippen LogP contribution is 2.31. The van der Waals surface area contributed by atoms with Crippen molar-refractivity contribution in [2.45, 2.75) is 99.1 Å². The van der Waals surface area contributed by atoms with Crippen molar-refractivity contribution in [1.29, 1.82) is 0 Å². The van der Waals surface area contributed by atoms with Crippen molar-refractivity contribution in [2.75, 3.05) is 0 Å². The van der Waals surface area contributed by atoms with Crippen molar-refractivity contribution in [3.8, 4) is 0 Å². The lowest BCUT2D eigenvalue weighted by Gasteiger charge is -2.38. The first-order chi connectivity index (χ1) is 9.05. The Hall–Kier alpha value is -0.0400. The SMILES string of the molecule is CCCC(C)C(C(C)CC)C(CC)NC(CC)CC. The molecule has 0 saturated carbocycles. The zero-order valence-electron chi connectivity index (χ0n) is 14.6. The van der Waals surface area contributed by atoms with Crippen LogP contribution in [0.3, 0.4) is 0 Å². The van der Waals surface area contributed by atoms with Crippen LogP contribution in [0.5, 0.6) is 0 Å². The molecule has 1 heteroatoms. The zero-order chi connectivity index (χ0) is 14.8. The van der Waals surface area contributed by atoms with E-state index in [1.165, 1.54) is 38.5 Å². The molecule has 0 spiro atoms. The molecule has 0 aromatic rings. The molecule has 0 radical (unpaired) electrons. The molecule has 116 valence electrons. The standard InChI is InChI=1S/C18H39N/c1-8-13-15(7)18(14(6)9-2)17(12-5)19-16(10-3)11-4/h14-19H,8-13H2,1-7H3. The van der Waals surface area contributed by atoms with Gasteiger partial charge in [-0.05, 0) is 37.0 Å². The first-order valence-corrected chi connectivity index (χ1v) is 8.81. The Morgan fingerprint density at radius 3 is 1.68 bits per heavy atom. The van der Waals surface area contributed by atoms with Crippen LogP contribution in [0, 0.1) is 17.8 Å². The van der Waals surface area contributed by atoms with Crippen LogP contribution in [-0.2, 0) is 0 Å². The van der Waals surface area contributed by atoms with E-state index in [2.05, 4.69) is 53.8 Å². The predicted octanol–water partition coefficient (Wildman–Crippen LogP) is 5.64. The van der Waals surface area contributed by atoms with Gasteiger partial charge in [0.25, 0.3) is 0 Å². The van der Waals surface area contributed by atoms with Gasteiger partial charge in [0.2, 0.25) is 0 Å². The lowest BCUT2D eigenvalue weighted by atomic mass is 9.74. The second-order valence-corrected chi connectivity index (χ2v) is 6.42. The van der Waals surface area contributed by atoms with E-state index in [0.717, 1.165) is 17.8 Å². The van der Waals surface area contributed by atoms with E-state index in [1.54, 1.807) is 0 Å². The van der Waals surface area contributed by atoms with Gasteiger partial charge in [0.1, 0.15) is 0 Å². The van der Waals surface area contributed by atoms with Gasteiger partial charge in [0.05, 0.1) is 0 Å². The van der Waals surface area contributed by atoms with Gasteiger partial charge in [-0.1, -0.05) is 67.7 Å². The summed E-state index contributed by atoms with van der Waals surface area (Å²) in [6, 6.07) is 1.40. The molecule has 1 N–H and O–H groups in total. The van der Waals surface area contributed by atoms with Crippen molar-refractivity contribution in [3.63, 3.8) is 0 Å². The van der Waals surface area contributed by atoms with Crippen LogP contribution in [0.2, 0.25) is 0 Å². The molecule has 0 aromatic heterocycles. The third-order valence-corrected chi connectivity index (χ3v) is 5.04. The minimum Gasteiger partial charge on any atom is -0.311 e. The number of hydrogen-bond acceptors (Lipinski definition) is 1. The molecule has 4 atom stereocenters. The molecule has 4 unspecified atom stereocenters. The van der Waals surface area contributed by atoms with E-state index in [4.69, 9.17) is 0 Å². The normalized spacial score (nSPS) is 18.3. The monoisotopic (exact) mass is 269 g/mol. The summed E-state index contributed by atoms with van der Waals surface area (Å²) in [5.41, 5.74) is 0. The Morgan fingerprint density at radius 1 is 0.737 bits per heavy atom. The average molecular weight is 270 g/mol. The fourth-order valence-corrected chi connectivity index (χ4v) is 3.60. The van der Waals surface area contributed by atoms with Gasteiger partial charge in [-0.2, -0.15) is 0 Å². The second kappa shape index (κ2) is 10.7. The average Bonchev–Trinajstić information content (AvgIpc) is 2.42. The zero-order valence-corrected chi connectivity index (χ0v) is 14.6. The minimum absolute atomic E-state index is 0.696. The number of rotatable bonds is 11.